The van der Waals surface area contributed by atoms with Crippen molar-refractivity contribution in [1.82, 2.24) is 10.6 Å². The Labute approximate surface area is 180 Å². The Hall–Kier alpha value is -3.77. The maximum atomic E-state index is 12.5. The maximum Gasteiger partial charge on any atom is 0.257 e. The van der Waals surface area contributed by atoms with E-state index in [4.69, 9.17) is 12.2 Å². The molecule has 5 nitrogen and oxygen atoms in total. The summed E-state index contributed by atoms with van der Waals surface area (Å²) in [7, 11) is 0. The molecule has 0 radical (unpaired) electrons. The van der Waals surface area contributed by atoms with Gasteiger partial charge in [-0.1, -0.05) is 60.7 Å². The van der Waals surface area contributed by atoms with Crippen LogP contribution in [0.25, 0.3) is 11.1 Å². The maximum absolute atomic E-state index is 12.5. The average molecular weight is 416 g/mol. The van der Waals surface area contributed by atoms with Crippen molar-refractivity contribution in [2.75, 3.05) is 11.9 Å². The topological polar surface area (TPSA) is 70.2 Å². The van der Waals surface area contributed by atoms with Gasteiger partial charge in [0.1, 0.15) is 0 Å². The number of carbonyl (C=O) groups is 2. The predicted molar refractivity (Wildman–Crippen MR) is 125 cm³/mol. The van der Waals surface area contributed by atoms with E-state index in [2.05, 4.69) is 22.5 Å². The summed E-state index contributed by atoms with van der Waals surface area (Å²) in [5.41, 5.74) is 3.50. The third-order valence-electron chi connectivity index (χ3n) is 4.31. The van der Waals surface area contributed by atoms with Crippen molar-refractivity contribution >= 4 is 34.8 Å². The number of thiocarbonyl (C=S) groups is 1. The molecule has 2 amide bonds. The standard InChI is InChI=1S/C24H21N3O2S/c1-2-16-25-23(29)20-10-6-7-11-21(20)26-24(30)27-22(28)19-14-12-18(13-15-19)17-8-4-3-5-9-17/h2-15H,1,16H2,(H,25,29)(H2,26,27,28,30). The van der Waals surface area contributed by atoms with Crippen LogP contribution in [0.5, 0.6) is 0 Å². The number of benzene rings is 3. The van der Waals surface area contributed by atoms with Gasteiger partial charge >= 0.3 is 0 Å². The van der Waals surface area contributed by atoms with E-state index in [0.29, 0.717) is 23.4 Å². The Balaban J connectivity index is 1.65. The van der Waals surface area contributed by atoms with Crippen LogP contribution in [0.4, 0.5) is 5.69 Å². The second-order valence-corrected chi connectivity index (χ2v) is 6.80. The Morgan fingerprint density at radius 1 is 0.833 bits per heavy atom. The minimum Gasteiger partial charge on any atom is -0.349 e. The van der Waals surface area contributed by atoms with Crippen LogP contribution in [0, 0.1) is 0 Å². The SMILES string of the molecule is C=CCNC(=O)c1ccccc1NC(=S)NC(=O)c1ccc(-c2ccccc2)cc1. The number of para-hydroxylation sites is 1. The van der Waals surface area contributed by atoms with Crippen LogP contribution in [0.1, 0.15) is 20.7 Å². The highest BCUT2D eigenvalue weighted by molar-refractivity contribution is 7.80. The zero-order chi connectivity index (χ0) is 21.3. The first-order chi connectivity index (χ1) is 14.6. The van der Waals surface area contributed by atoms with Crippen LogP contribution < -0.4 is 16.0 Å². The zero-order valence-corrected chi connectivity index (χ0v) is 17.0. The third-order valence-corrected chi connectivity index (χ3v) is 4.51. The van der Waals surface area contributed by atoms with Crippen molar-refractivity contribution in [3.63, 3.8) is 0 Å². The van der Waals surface area contributed by atoms with E-state index in [1.54, 1.807) is 42.5 Å². The summed E-state index contributed by atoms with van der Waals surface area (Å²) < 4.78 is 0. The average Bonchev–Trinajstić information content (AvgIpc) is 2.78. The fourth-order valence-electron chi connectivity index (χ4n) is 2.82. The van der Waals surface area contributed by atoms with Crippen LogP contribution >= 0.6 is 12.2 Å². The van der Waals surface area contributed by atoms with E-state index in [9.17, 15) is 9.59 Å². The number of hydrogen-bond donors (Lipinski definition) is 3. The highest BCUT2D eigenvalue weighted by atomic mass is 32.1. The quantitative estimate of drug-likeness (QED) is 0.412. The lowest BCUT2D eigenvalue weighted by molar-refractivity contribution is 0.0956. The molecular formula is C24H21N3O2S. The lowest BCUT2D eigenvalue weighted by Gasteiger charge is -2.13. The van der Waals surface area contributed by atoms with Crippen molar-refractivity contribution in [3.05, 3.63) is 103 Å². The smallest absolute Gasteiger partial charge is 0.257 e. The van der Waals surface area contributed by atoms with Gasteiger partial charge in [0.15, 0.2) is 5.11 Å². The number of rotatable bonds is 6. The molecule has 0 aliphatic rings. The molecule has 30 heavy (non-hydrogen) atoms. The molecule has 0 saturated heterocycles. The molecule has 0 aliphatic carbocycles. The molecule has 0 fully saturated rings. The Morgan fingerprint density at radius 2 is 1.47 bits per heavy atom. The van der Waals surface area contributed by atoms with E-state index < -0.39 is 0 Å². The first-order valence-electron chi connectivity index (χ1n) is 9.34. The fourth-order valence-corrected chi connectivity index (χ4v) is 3.03. The molecule has 3 N–H and O–H groups in total. The number of carbonyl (C=O) groups excluding carboxylic acids is 2. The Morgan fingerprint density at radius 3 is 2.17 bits per heavy atom. The van der Waals surface area contributed by atoms with Crippen molar-refractivity contribution in [3.8, 4) is 11.1 Å². The van der Waals surface area contributed by atoms with E-state index in [-0.39, 0.29) is 16.9 Å². The predicted octanol–water partition coefficient (Wildman–Crippen LogP) is 4.40. The molecule has 0 unspecified atom stereocenters. The van der Waals surface area contributed by atoms with Gasteiger partial charge in [-0.25, -0.2) is 0 Å². The molecule has 0 heterocycles. The highest BCUT2D eigenvalue weighted by Gasteiger charge is 2.13. The van der Waals surface area contributed by atoms with Gasteiger partial charge in [0.2, 0.25) is 0 Å². The van der Waals surface area contributed by atoms with Crippen molar-refractivity contribution in [1.29, 1.82) is 0 Å². The molecule has 3 rings (SSSR count). The molecule has 0 aromatic heterocycles. The van der Waals surface area contributed by atoms with Gasteiger partial charge in [0, 0.05) is 12.1 Å². The summed E-state index contributed by atoms with van der Waals surface area (Å²) in [5.74, 6) is -0.593. The second-order valence-electron chi connectivity index (χ2n) is 6.40. The molecule has 0 saturated carbocycles. The second kappa shape index (κ2) is 10.1. The molecule has 3 aromatic rings. The molecule has 0 aliphatic heterocycles. The monoisotopic (exact) mass is 415 g/mol. The number of amides is 2. The van der Waals surface area contributed by atoms with Gasteiger partial charge < -0.3 is 10.6 Å². The minimum atomic E-state index is -0.333. The molecule has 0 atom stereocenters. The van der Waals surface area contributed by atoms with Crippen molar-refractivity contribution in [2.45, 2.75) is 0 Å². The van der Waals surface area contributed by atoms with E-state index in [1.807, 2.05) is 42.5 Å². The molecule has 150 valence electrons. The van der Waals surface area contributed by atoms with E-state index >= 15 is 0 Å². The van der Waals surface area contributed by atoms with Crippen LogP contribution in [0.3, 0.4) is 0 Å². The van der Waals surface area contributed by atoms with Crippen molar-refractivity contribution in [2.24, 2.45) is 0 Å². The first kappa shape index (κ1) is 21.0. The highest BCUT2D eigenvalue weighted by Crippen LogP contribution is 2.19. The van der Waals surface area contributed by atoms with Gasteiger partial charge in [-0.05, 0) is 47.6 Å². The van der Waals surface area contributed by atoms with Crippen LogP contribution in [-0.4, -0.2) is 23.5 Å². The summed E-state index contributed by atoms with van der Waals surface area (Å²) in [6.45, 7) is 3.94. The van der Waals surface area contributed by atoms with Gasteiger partial charge in [-0.2, -0.15) is 0 Å². The van der Waals surface area contributed by atoms with Gasteiger partial charge in [-0.3, -0.25) is 14.9 Å². The van der Waals surface area contributed by atoms with Crippen LogP contribution in [-0.2, 0) is 0 Å². The van der Waals surface area contributed by atoms with Gasteiger partial charge in [-0.15, -0.1) is 6.58 Å². The summed E-state index contributed by atoms with van der Waals surface area (Å²) in [4.78, 5) is 24.8. The summed E-state index contributed by atoms with van der Waals surface area (Å²) in [6, 6.07) is 24.1. The minimum absolute atomic E-state index is 0.108. The molecular weight excluding hydrogens is 394 g/mol. The first-order valence-corrected chi connectivity index (χ1v) is 9.75. The normalized spacial score (nSPS) is 10.0. The Kier molecular flexibility index (Phi) is 7.08. The number of anilines is 1. The van der Waals surface area contributed by atoms with Crippen LogP contribution in [0.2, 0.25) is 0 Å². The lowest BCUT2D eigenvalue weighted by atomic mass is 10.0. The number of hydrogen-bond acceptors (Lipinski definition) is 3. The third kappa shape index (κ3) is 5.40. The van der Waals surface area contributed by atoms with E-state index in [0.717, 1.165) is 11.1 Å². The van der Waals surface area contributed by atoms with Crippen LogP contribution in [0.15, 0.2) is 91.5 Å². The van der Waals surface area contributed by atoms with Gasteiger partial charge in [0.25, 0.3) is 11.8 Å². The zero-order valence-electron chi connectivity index (χ0n) is 16.2. The Bertz CT molecular complexity index is 1060. The summed E-state index contributed by atoms with van der Waals surface area (Å²) in [5, 5.41) is 8.39. The summed E-state index contributed by atoms with van der Waals surface area (Å²) >= 11 is 5.26. The summed E-state index contributed by atoms with van der Waals surface area (Å²) in [6.07, 6.45) is 1.60. The van der Waals surface area contributed by atoms with Gasteiger partial charge in [0.05, 0.1) is 11.3 Å². The largest absolute Gasteiger partial charge is 0.349 e. The fraction of sp³-hybridized carbons (Fsp3) is 0.0417. The molecule has 0 bridgehead atoms. The van der Waals surface area contributed by atoms with E-state index in [1.165, 1.54) is 0 Å². The molecule has 3 aromatic carbocycles. The number of nitrogens with one attached hydrogen (secondary N) is 3. The molecule has 0 spiro atoms. The molecule has 6 heteroatoms. The van der Waals surface area contributed by atoms with Crippen molar-refractivity contribution < 1.29 is 9.59 Å². The lowest BCUT2D eigenvalue weighted by Crippen LogP contribution is -2.35.